The lowest BCUT2D eigenvalue weighted by Gasteiger charge is -2.08. The number of thiophene rings is 1. The Bertz CT molecular complexity index is 1160. The average molecular weight is 438 g/mol. The number of nitrogens with zero attached hydrogens (tertiary/aromatic N) is 5. The zero-order chi connectivity index (χ0) is 20.5. The van der Waals surface area contributed by atoms with Crippen LogP contribution in [-0.2, 0) is 4.79 Å². The molecular formula is C20H19N7OS2. The summed E-state index contributed by atoms with van der Waals surface area (Å²) in [5.74, 6) is 7.87. The van der Waals surface area contributed by atoms with Crippen LogP contribution < -0.4 is 11.2 Å². The number of nitrogen functional groups attached to an aromatic ring is 1. The van der Waals surface area contributed by atoms with E-state index in [2.05, 4.69) is 15.5 Å². The van der Waals surface area contributed by atoms with E-state index < -0.39 is 0 Å². The van der Waals surface area contributed by atoms with Crippen LogP contribution in [0.1, 0.15) is 24.5 Å². The molecule has 0 bridgehead atoms. The van der Waals surface area contributed by atoms with Crippen molar-refractivity contribution in [3.63, 3.8) is 0 Å². The first kappa shape index (κ1) is 18.9. The molecular weight excluding hydrogens is 418 g/mol. The maximum Gasteiger partial charge on any atom is 0.236 e. The van der Waals surface area contributed by atoms with E-state index in [4.69, 9.17) is 10.9 Å². The van der Waals surface area contributed by atoms with Crippen molar-refractivity contribution < 1.29 is 4.79 Å². The van der Waals surface area contributed by atoms with Crippen LogP contribution in [-0.4, -0.2) is 36.3 Å². The van der Waals surface area contributed by atoms with E-state index >= 15 is 0 Å². The molecule has 1 aliphatic carbocycles. The van der Waals surface area contributed by atoms with Crippen molar-refractivity contribution in [3.8, 4) is 16.4 Å². The van der Waals surface area contributed by atoms with Crippen molar-refractivity contribution in [2.45, 2.75) is 23.9 Å². The normalized spacial score (nSPS) is 13.5. The van der Waals surface area contributed by atoms with Crippen molar-refractivity contribution >= 4 is 34.8 Å². The summed E-state index contributed by atoms with van der Waals surface area (Å²) in [5.41, 5.74) is 1.93. The van der Waals surface area contributed by atoms with Crippen LogP contribution in [0.3, 0.4) is 0 Å². The van der Waals surface area contributed by atoms with Crippen molar-refractivity contribution in [2.75, 3.05) is 16.9 Å². The molecule has 30 heavy (non-hydrogen) atoms. The average Bonchev–Trinajstić information content (AvgIpc) is 3.14. The number of hydrogen-bond acceptors (Lipinski definition) is 7. The summed E-state index contributed by atoms with van der Waals surface area (Å²) in [7, 11) is 0. The Balaban J connectivity index is 1.29. The van der Waals surface area contributed by atoms with Gasteiger partial charge in [-0.1, -0.05) is 36.0 Å². The molecule has 1 amide bonds. The summed E-state index contributed by atoms with van der Waals surface area (Å²) in [6, 6.07) is 15.6. The summed E-state index contributed by atoms with van der Waals surface area (Å²) in [6.07, 6.45) is 2.29. The van der Waals surface area contributed by atoms with E-state index in [0.29, 0.717) is 22.7 Å². The first-order valence-corrected chi connectivity index (χ1v) is 11.4. The molecule has 0 spiro atoms. The molecule has 0 saturated heterocycles. The highest BCUT2D eigenvalue weighted by atomic mass is 32.2. The van der Waals surface area contributed by atoms with E-state index in [0.717, 1.165) is 29.1 Å². The quantitative estimate of drug-likeness (QED) is 0.339. The van der Waals surface area contributed by atoms with Gasteiger partial charge in [-0.3, -0.25) is 4.79 Å². The monoisotopic (exact) mass is 437 g/mol. The Morgan fingerprint density at radius 3 is 2.77 bits per heavy atom. The van der Waals surface area contributed by atoms with Crippen LogP contribution in [0.25, 0.3) is 16.4 Å². The second kappa shape index (κ2) is 7.96. The van der Waals surface area contributed by atoms with Gasteiger partial charge in [0.15, 0.2) is 5.82 Å². The molecule has 3 aromatic heterocycles. The Labute approximate surface area is 181 Å². The van der Waals surface area contributed by atoms with Gasteiger partial charge in [0.25, 0.3) is 0 Å². The lowest BCUT2D eigenvalue weighted by Crippen LogP contribution is -2.18. The van der Waals surface area contributed by atoms with Crippen molar-refractivity contribution in [1.29, 1.82) is 0 Å². The number of nitrogens with two attached hydrogens (primary N) is 1. The fourth-order valence-corrected chi connectivity index (χ4v) is 4.45. The zero-order valence-electron chi connectivity index (χ0n) is 15.9. The van der Waals surface area contributed by atoms with E-state index in [1.165, 1.54) is 27.8 Å². The van der Waals surface area contributed by atoms with Crippen LogP contribution in [0, 0.1) is 0 Å². The molecule has 1 saturated carbocycles. The van der Waals surface area contributed by atoms with Gasteiger partial charge in [-0.25, -0.2) is 9.36 Å². The molecule has 1 fully saturated rings. The molecule has 0 aliphatic heterocycles. The first-order valence-electron chi connectivity index (χ1n) is 9.51. The van der Waals surface area contributed by atoms with Gasteiger partial charge < -0.3 is 11.2 Å². The molecule has 5 rings (SSSR count). The minimum absolute atomic E-state index is 0.153. The third-order valence-electron chi connectivity index (χ3n) is 4.73. The second-order valence-electron chi connectivity index (χ2n) is 6.97. The van der Waals surface area contributed by atoms with E-state index in [-0.39, 0.29) is 11.7 Å². The lowest BCUT2D eigenvalue weighted by molar-refractivity contribution is -0.113. The molecule has 3 N–H and O–H groups in total. The fraction of sp³-hybridized carbons (Fsp3) is 0.200. The van der Waals surface area contributed by atoms with Crippen LogP contribution >= 0.6 is 23.1 Å². The van der Waals surface area contributed by atoms with E-state index in [1.807, 2.05) is 53.9 Å². The highest BCUT2D eigenvalue weighted by molar-refractivity contribution is 7.99. The highest BCUT2D eigenvalue weighted by Crippen LogP contribution is 2.40. The number of anilines is 1. The third-order valence-corrected chi connectivity index (χ3v) is 6.54. The SMILES string of the molecule is Nn1c(SCC(=O)Nc2cc(C3CC3)nn2-c2ccccc2)nnc1-c1cccs1. The van der Waals surface area contributed by atoms with Crippen LogP contribution in [0.2, 0.25) is 0 Å². The van der Waals surface area contributed by atoms with Gasteiger partial charge in [0.2, 0.25) is 11.1 Å². The van der Waals surface area contributed by atoms with Crippen LogP contribution in [0.4, 0.5) is 5.82 Å². The summed E-state index contributed by atoms with van der Waals surface area (Å²) >= 11 is 2.78. The Hall–Kier alpha value is -3.11. The topological polar surface area (TPSA) is 104 Å². The molecule has 3 heterocycles. The molecule has 1 aliphatic rings. The van der Waals surface area contributed by atoms with Gasteiger partial charge >= 0.3 is 0 Å². The van der Waals surface area contributed by atoms with Crippen molar-refractivity contribution in [3.05, 3.63) is 59.6 Å². The highest BCUT2D eigenvalue weighted by Gasteiger charge is 2.28. The van der Waals surface area contributed by atoms with Crippen molar-refractivity contribution in [1.82, 2.24) is 24.7 Å². The standard InChI is InChI=1S/C20H19N7OS2/c21-26-19(16-7-4-10-29-16)23-24-20(26)30-12-18(28)22-17-11-15(13-8-9-13)25-27(17)14-5-2-1-3-6-14/h1-7,10-11,13H,8-9,12,21H2,(H,22,28). The number of carbonyl (C=O) groups is 1. The third kappa shape index (κ3) is 3.83. The molecule has 152 valence electrons. The number of para-hydroxylation sites is 1. The zero-order valence-corrected chi connectivity index (χ0v) is 17.6. The molecule has 1 aromatic carbocycles. The number of aromatic nitrogens is 5. The van der Waals surface area contributed by atoms with Gasteiger partial charge in [0.1, 0.15) is 5.82 Å². The number of thioether (sulfide) groups is 1. The number of rotatable bonds is 7. The molecule has 0 atom stereocenters. The fourth-order valence-electron chi connectivity index (χ4n) is 3.09. The Morgan fingerprint density at radius 2 is 2.03 bits per heavy atom. The lowest BCUT2D eigenvalue weighted by atomic mass is 10.3. The number of benzene rings is 1. The molecule has 10 heteroatoms. The van der Waals surface area contributed by atoms with E-state index in [9.17, 15) is 4.79 Å². The minimum Gasteiger partial charge on any atom is -0.335 e. The molecule has 4 aromatic rings. The van der Waals surface area contributed by atoms with Crippen molar-refractivity contribution in [2.24, 2.45) is 0 Å². The van der Waals surface area contributed by atoms with Gasteiger partial charge in [-0.15, -0.1) is 21.5 Å². The molecule has 8 nitrogen and oxygen atoms in total. The smallest absolute Gasteiger partial charge is 0.236 e. The van der Waals surface area contributed by atoms with Crippen LogP contribution in [0.5, 0.6) is 0 Å². The predicted molar refractivity (Wildman–Crippen MR) is 118 cm³/mol. The van der Waals surface area contributed by atoms with Gasteiger partial charge in [-0.05, 0) is 36.4 Å². The number of hydrogen-bond donors (Lipinski definition) is 2. The Kier molecular flexibility index (Phi) is 5.01. The van der Waals surface area contributed by atoms with E-state index in [1.54, 1.807) is 4.68 Å². The molecule has 0 radical (unpaired) electrons. The predicted octanol–water partition coefficient (Wildman–Crippen LogP) is 3.51. The summed E-state index contributed by atoms with van der Waals surface area (Å²) in [4.78, 5) is 13.6. The second-order valence-corrected chi connectivity index (χ2v) is 8.86. The van der Waals surface area contributed by atoms with Gasteiger partial charge in [0, 0.05) is 12.0 Å². The summed E-state index contributed by atoms with van der Waals surface area (Å²) in [5, 5.41) is 18.4. The minimum atomic E-state index is -0.153. The first-order chi connectivity index (χ1) is 14.7. The largest absolute Gasteiger partial charge is 0.335 e. The Morgan fingerprint density at radius 1 is 1.20 bits per heavy atom. The molecule has 0 unspecified atom stereocenters. The number of carbonyl (C=O) groups excluding carboxylic acids is 1. The van der Waals surface area contributed by atoms with Gasteiger partial charge in [0.05, 0.1) is 22.0 Å². The number of amides is 1. The maximum atomic E-state index is 12.6. The maximum absolute atomic E-state index is 12.6. The van der Waals surface area contributed by atoms with Crippen LogP contribution in [0.15, 0.2) is 59.1 Å². The summed E-state index contributed by atoms with van der Waals surface area (Å²) in [6.45, 7) is 0. The van der Waals surface area contributed by atoms with Gasteiger partial charge in [-0.2, -0.15) is 5.10 Å². The summed E-state index contributed by atoms with van der Waals surface area (Å²) < 4.78 is 3.21. The number of nitrogens with one attached hydrogen (secondary N) is 1.